The van der Waals surface area contributed by atoms with Crippen LogP contribution >= 0.6 is 0 Å². The molecule has 1 aliphatic rings. The molecule has 3 aromatic rings. The number of aromatic nitrogens is 2. The van der Waals surface area contributed by atoms with Crippen LogP contribution in [0.25, 0.3) is 11.0 Å². The predicted octanol–water partition coefficient (Wildman–Crippen LogP) is 4.70. The maximum atomic E-state index is 12.8. The van der Waals surface area contributed by atoms with E-state index in [0.29, 0.717) is 28.5 Å². The van der Waals surface area contributed by atoms with Crippen LogP contribution in [-0.4, -0.2) is 16.5 Å². The first-order valence-corrected chi connectivity index (χ1v) is 8.19. The molecule has 0 unspecified atom stereocenters. The molecule has 5 nitrogen and oxygen atoms in total. The number of ether oxygens (including phenoxy) is 1. The van der Waals surface area contributed by atoms with E-state index < -0.39 is 11.7 Å². The summed E-state index contributed by atoms with van der Waals surface area (Å²) in [4.78, 5) is 7.11. The third kappa shape index (κ3) is 3.89. The zero-order valence-corrected chi connectivity index (χ0v) is 14.0. The summed E-state index contributed by atoms with van der Waals surface area (Å²) in [6, 6.07) is 10.6. The normalized spacial score (nSPS) is 14.0. The van der Waals surface area contributed by atoms with Gasteiger partial charge >= 0.3 is 6.18 Å². The highest BCUT2D eigenvalue weighted by Gasteiger charge is 2.30. The number of anilines is 2. The number of hydrogen-bond acceptors (Lipinski definition) is 4. The van der Waals surface area contributed by atoms with Crippen molar-refractivity contribution in [3.63, 3.8) is 0 Å². The van der Waals surface area contributed by atoms with Crippen LogP contribution in [0.3, 0.4) is 0 Å². The molecule has 0 fully saturated rings. The summed E-state index contributed by atoms with van der Waals surface area (Å²) in [6.45, 7) is 0.775. The summed E-state index contributed by atoms with van der Waals surface area (Å²) in [5.41, 5.74) is 0.778. The van der Waals surface area contributed by atoms with E-state index in [1.165, 1.54) is 6.07 Å². The Labute approximate surface area is 152 Å². The lowest BCUT2D eigenvalue weighted by molar-refractivity contribution is -0.137. The van der Waals surface area contributed by atoms with Crippen molar-refractivity contribution in [2.45, 2.75) is 6.18 Å². The van der Waals surface area contributed by atoms with Gasteiger partial charge in [0.25, 0.3) is 0 Å². The lowest BCUT2D eigenvalue weighted by atomic mass is 10.2. The van der Waals surface area contributed by atoms with Crippen molar-refractivity contribution >= 4 is 22.7 Å². The minimum atomic E-state index is -4.39. The van der Waals surface area contributed by atoms with Gasteiger partial charge in [0.15, 0.2) is 0 Å². The number of hydrogen-bond donors (Lipinski definition) is 3. The molecule has 0 spiro atoms. The summed E-state index contributed by atoms with van der Waals surface area (Å²) in [7, 11) is 0. The number of aromatic amines is 1. The molecule has 2 heterocycles. The van der Waals surface area contributed by atoms with Gasteiger partial charge in [0.05, 0.1) is 16.6 Å². The van der Waals surface area contributed by atoms with Crippen LogP contribution in [0.4, 0.5) is 24.8 Å². The molecule has 1 aromatic heterocycles. The van der Waals surface area contributed by atoms with E-state index in [-0.39, 0.29) is 0 Å². The molecular formula is C19H15F3N4O. The molecule has 3 N–H and O–H groups in total. The number of nitrogens with zero attached hydrogens (tertiary/aromatic N) is 1. The van der Waals surface area contributed by atoms with Gasteiger partial charge in [-0.2, -0.15) is 13.2 Å². The van der Waals surface area contributed by atoms with Gasteiger partial charge in [0, 0.05) is 18.4 Å². The molecule has 1 aliphatic heterocycles. The summed E-state index contributed by atoms with van der Waals surface area (Å²) in [5, 5.41) is 6.09. The number of nitrogens with one attached hydrogen (secondary N) is 3. The second-order valence-electron chi connectivity index (χ2n) is 5.92. The molecule has 0 saturated carbocycles. The van der Waals surface area contributed by atoms with Gasteiger partial charge in [-0.25, -0.2) is 4.98 Å². The third-order valence-corrected chi connectivity index (χ3v) is 3.92. The monoisotopic (exact) mass is 372 g/mol. The first-order valence-electron chi connectivity index (χ1n) is 8.19. The molecule has 2 aromatic carbocycles. The average molecular weight is 372 g/mol. The molecule has 0 aliphatic carbocycles. The van der Waals surface area contributed by atoms with E-state index in [9.17, 15) is 13.2 Å². The fraction of sp³-hybridized carbons (Fsp3) is 0.105. The van der Waals surface area contributed by atoms with Crippen LogP contribution in [-0.2, 0) is 6.18 Å². The Morgan fingerprint density at radius 1 is 1.07 bits per heavy atom. The van der Waals surface area contributed by atoms with Gasteiger partial charge in [0.1, 0.15) is 11.5 Å². The second-order valence-corrected chi connectivity index (χ2v) is 5.92. The number of H-pyrrole nitrogens is 1. The van der Waals surface area contributed by atoms with Crippen molar-refractivity contribution in [3.8, 4) is 5.75 Å². The molecule has 0 saturated heterocycles. The van der Waals surface area contributed by atoms with E-state index in [4.69, 9.17) is 4.74 Å². The molecule has 138 valence electrons. The van der Waals surface area contributed by atoms with Gasteiger partial charge in [-0.3, -0.25) is 0 Å². The van der Waals surface area contributed by atoms with Crippen LogP contribution in [0, 0.1) is 0 Å². The summed E-state index contributed by atoms with van der Waals surface area (Å²) in [5.74, 6) is 1.74. The summed E-state index contributed by atoms with van der Waals surface area (Å²) in [6.07, 6.45) is 1.24. The number of fused-ring (bicyclic) bond motifs is 1. The van der Waals surface area contributed by atoms with Crippen molar-refractivity contribution in [1.29, 1.82) is 0 Å². The standard InChI is InChI=1S/C19H15F3N4O/c20-19(21,22)12-3-8-16-17(10-12)26-18(25-16)24-13-4-6-14(7-5-13)27-15-2-1-9-23-11-15/h1-8,10-11,23H,9H2,(H2,24,25,26). The van der Waals surface area contributed by atoms with Gasteiger partial charge in [-0.05, 0) is 48.5 Å². The molecule has 0 radical (unpaired) electrons. The minimum absolute atomic E-state index is 0.316. The Bertz CT molecular complexity index is 1020. The molecular weight excluding hydrogens is 357 g/mol. The van der Waals surface area contributed by atoms with Crippen molar-refractivity contribution in [3.05, 3.63) is 72.1 Å². The maximum absolute atomic E-state index is 12.8. The van der Waals surface area contributed by atoms with Gasteiger partial charge in [-0.1, -0.05) is 6.08 Å². The molecule has 0 atom stereocenters. The van der Waals surface area contributed by atoms with E-state index in [2.05, 4.69) is 20.6 Å². The predicted molar refractivity (Wildman–Crippen MR) is 96.7 cm³/mol. The topological polar surface area (TPSA) is 62.0 Å². The van der Waals surface area contributed by atoms with Crippen molar-refractivity contribution in [1.82, 2.24) is 15.3 Å². The minimum Gasteiger partial charge on any atom is -0.456 e. The molecule has 0 amide bonds. The van der Waals surface area contributed by atoms with Crippen molar-refractivity contribution < 1.29 is 17.9 Å². The second kappa shape index (κ2) is 6.71. The number of dihydropyridines is 1. The number of benzene rings is 2. The molecule has 4 rings (SSSR count). The number of alkyl halides is 3. The Morgan fingerprint density at radius 3 is 2.59 bits per heavy atom. The highest BCUT2D eigenvalue weighted by Crippen LogP contribution is 2.31. The Balaban J connectivity index is 1.48. The Morgan fingerprint density at radius 2 is 1.89 bits per heavy atom. The quantitative estimate of drug-likeness (QED) is 0.621. The van der Waals surface area contributed by atoms with Gasteiger partial charge < -0.3 is 20.4 Å². The lowest BCUT2D eigenvalue weighted by Crippen LogP contribution is -2.11. The average Bonchev–Trinajstić information content (AvgIpc) is 3.05. The van der Waals surface area contributed by atoms with Crippen LogP contribution in [0.2, 0.25) is 0 Å². The van der Waals surface area contributed by atoms with Gasteiger partial charge in [0.2, 0.25) is 5.95 Å². The SMILES string of the molecule is FC(F)(F)c1ccc2nc(Nc3ccc(OC4=CNCC=C4)cc3)[nH]c2c1. The number of imidazole rings is 1. The number of allylic oxidation sites excluding steroid dienone is 1. The summed E-state index contributed by atoms with van der Waals surface area (Å²) < 4.78 is 44.1. The smallest absolute Gasteiger partial charge is 0.416 e. The first-order chi connectivity index (χ1) is 13.0. The fourth-order valence-electron chi connectivity index (χ4n) is 2.64. The van der Waals surface area contributed by atoms with Crippen LogP contribution in [0.5, 0.6) is 5.75 Å². The first kappa shape index (κ1) is 17.0. The van der Waals surface area contributed by atoms with Crippen molar-refractivity contribution in [2.24, 2.45) is 0 Å². The number of rotatable bonds is 4. The fourth-order valence-corrected chi connectivity index (χ4v) is 2.64. The highest BCUT2D eigenvalue weighted by molar-refractivity contribution is 5.79. The molecule has 27 heavy (non-hydrogen) atoms. The zero-order valence-electron chi connectivity index (χ0n) is 14.0. The van der Waals surface area contributed by atoms with Gasteiger partial charge in [-0.15, -0.1) is 0 Å². The van der Waals surface area contributed by atoms with Crippen LogP contribution < -0.4 is 15.4 Å². The third-order valence-electron chi connectivity index (χ3n) is 3.92. The van der Waals surface area contributed by atoms with Crippen molar-refractivity contribution in [2.75, 3.05) is 11.9 Å². The van der Waals surface area contributed by atoms with E-state index in [1.807, 2.05) is 12.2 Å². The number of halogens is 3. The maximum Gasteiger partial charge on any atom is 0.416 e. The van der Waals surface area contributed by atoms with Crippen LogP contribution in [0.1, 0.15) is 5.56 Å². The van der Waals surface area contributed by atoms with E-state index >= 15 is 0 Å². The van der Waals surface area contributed by atoms with E-state index in [1.54, 1.807) is 30.5 Å². The highest BCUT2D eigenvalue weighted by atomic mass is 19.4. The summed E-state index contributed by atoms with van der Waals surface area (Å²) >= 11 is 0. The Kier molecular flexibility index (Phi) is 4.23. The molecule has 8 heteroatoms. The largest absolute Gasteiger partial charge is 0.456 e. The zero-order chi connectivity index (χ0) is 18.9. The Hall–Kier alpha value is -3.42. The lowest BCUT2D eigenvalue weighted by Gasteiger charge is -2.11. The molecule has 0 bridgehead atoms. The van der Waals surface area contributed by atoms with Crippen LogP contribution in [0.15, 0.2) is 66.6 Å². The van der Waals surface area contributed by atoms with E-state index in [0.717, 1.165) is 24.4 Å².